The molecule has 3 heterocycles. The van der Waals surface area contributed by atoms with Crippen LogP contribution in [0.4, 0.5) is 4.79 Å². The Hall–Kier alpha value is -3.68. The molecule has 2 aliphatic rings. The first kappa shape index (κ1) is 33.2. The summed E-state index contributed by atoms with van der Waals surface area (Å²) in [5.41, 5.74) is -0.247. The Morgan fingerprint density at radius 1 is 1.25 bits per heavy atom. The summed E-state index contributed by atoms with van der Waals surface area (Å²) in [4.78, 5) is 53.0. The zero-order valence-electron chi connectivity index (χ0n) is 24.1. The van der Waals surface area contributed by atoms with Crippen LogP contribution in [-0.4, -0.2) is 104 Å². The highest BCUT2D eigenvalue weighted by molar-refractivity contribution is 8.01. The predicted molar refractivity (Wildman–Crippen MR) is 160 cm³/mol. The molecule has 2 aliphatic heterocycles. The van der Waals surface area contributed by atoms with Gasteiger partial charge in [-0.05, 0) is 43.5 Å². The highest BCUT2D eigenvalue weighted by Gasteiger charge is 2.55. The number of carbonyl (C=O) groups excluding carboxylic acids is 3. The molecule has 19 heteroatoms. The number of H-pyrrole nitrogens is 1. The Kier molecular flexibility index (Phi) is 10.2. The third-order valence-electron chi connectivity index (χ3n) is 6.29. The lowest BCUT2D eigenvalue weighted by Gasteiger charge is -2.50. The topological polar surface area (TPSA) is 226 Å². The van der Waals surface area contributed by atoms with Crippen molar-refractivity contribution >= 4 is 57.4 Å². The number of nitrogens with one attached hydrogen (secondary N) is 4. The first-order valence-electron chi connectivity index (χ1n) is 13.2. The average molecular weight is 669 g/mol. The second-order valence-corrected chi connectivity index (χ2v) is 14.9. The fourth-order valence-electron chi connectivity index (χ4n) is 4.51. The molecule has 4 atom stereocenters. The summed E-state index contributed by atoms with van der Waals surface area (Å²) in [7, 11) is -3.51. The molecule has 1 aromatic carbocycles. The smallest absolute Gasteiger partial charge is 0.408 e. The number of alkyl carbamates (subject to hydrolysis) is 1. The van der Waals surface area contributed by atoms with Crippen molar-refractivity contribution in [3.8, 4) is 0 Å². The van der Waals surface area contributed by atoms with Crippen LogP contribution in [0.5, 0.6) is 0 Å². The molecule has 0 radical (unpaired) electrons. The number of hydrogen-bond acceptors (Lipinski definition) is 12. The number of β-lactam (4-membered cyclic amide) rings is 1. The summed E-state index contributed by atoms with van der Waals surface area (Å²) >= 11 is 2.33. The number of hydrogen-bond donors (Lipinski definition) is 5. The number of aromatic nitrogens is 4. The lowest BCUT2D eigenvalue weighted by atomic mass is 9.99. The van der Waals surface area contributed by atoms with E-state index >= 15 is 0 Å². The molecule has 16 nitrogen and oxygen atoms in total. The van der Waals surface area contributed by atoms with E-state index in [0.717, 1.165) is 22.9 Å². The minimum Gasteiger partial charge on any atom is -0.477 e. The van der Waals surface area contributed by atoms with Gasteiger partial charge in [-0.1, -0.05) is 42.1 Å². The maximum atomic E-state index is 13.5. The fraction of sp³-hybridized carbons (Fsp3) is 0.480. The number of benzene rings is 1. The maximum Gasteiger partial charge on any atom is 0.408 e. The third kappa shape index (κ3) is 8.27. The van der Waals surface area contributed by atoms with Crippen LogP contribution >= 0.6 is 23.5 Å². The molecule has 44 heavy (non-hydrogen) atoms. The lowest BCUT2D eigenvalue weighted by molar-refractivity contribution is -0.151. The van der Waals surface area contributed by atoms with Gasteiger partial charge in [-0.25, -0.2) is 22.7 Å². The van der Waals surface area contributed by atoms with E-state index in [4.69, 9.17) is 4.74 Å². The average Bonchev–Trinajstić information content (AvgIpc) is 3.45. The number of carboxylic acid groups (broad SMARTS) is 1. The predicted octanol–water partition coefficient (Wildman–Crippen LogP) is 0.604. The van der Waals surface area contributed by atoms with Crippen LogP contribution in [-0.2, 0) is 29.1 Å². The van der Waals surface area contributed by atoms with Gasteiger partial charge >= 0.3 is 12.1 Å². The highest BCUT2D eigenvalue weighted by Crippen LogP contribution is 2.44. The van der Waals surface area contributed by atoms with Gasteiger partial charge in [-0.2, -0.15) is 5.21 Å². The van der Waals surface area contributed by atoms with E-state index in [1.54, 1.807) is 51.1 Å². The monoisotopic (exact) mass is 668 g/mol. The van der Waals surface area contributed by atoms with E-state index in [9.17, 15) is 32.7 Å². The quantitative estimate of drug-likeness (QED) is 0.155. The van der Waals surface area contributed by atoms with E-state index in [2.05, 4.69) is 36.0 Å². The number of thioether (sulfide) groups is 2. The molecule has 238 valence electrons. The van der Waals surface area contributed by atoms with E-state index in [-0.39, 0.29) is 29.6 Å². The Labute approximate surface area is 261 Å². The number of ether oxygens (including phenoxy) is 1. The minimum absolute atomic E-state index is 0.00298. The number of aliphatic carboxylic acids is 1. The van der Waals surface area contributed by atoms with Gasteiger partial charge in [0.1, 0.15) is 28.8 Å². The maximum absolute atomic E-state index is 13.5. The lowest BCUT2D eigenvalue weighted by Crippen LogP contribution is -2.71. The molecule has 2 unspecified atom stereocenters. The Balaban J connectivity index is 1.55. The van der Waals surface area contributed by atoms with Crippen molar-refractivity contribution in [1.29, 1.82) is 0 Å². The summed E-state index contributed by atoms with van der Waals surface area (Å²) in [6.45, 7) is 5.04. The number of carboxylic acids is 1. The summed E-state index contributed by atoms with van der Waals surface area (Å²) < 4.78 is 30.9. The molecule has 1 fully saturated rings. The van der Waals surface area contributed by atoms with E-state index in [0.29, 0.717) is 11.1 Å². The number of sulfonamides is 1. The number of carbonyl (C=O) groups is 4. The second-order valence-electron chi connectivity index (χ2n) is 10.8. The van der Waals surface area contributed by atoms with Gasteiger partial charge in [-0.3, -0.25) is 14.5 Å². The van der Waals surface area contributed by atoms with Gasteiger partial charge in [0.2, 0.25) is 21.1 Å². The van der Waals surface area contributed by atoms with Crippen LogP contribution in [0.25, 0.3) is 0 Å². The summed E-state index contributed by atoms with van der Waals surface area (Å²) in [5, 5.41) is 27.9. The number of tetrazole rings is 1. The van der Waals surface area contributed by atoms with Crippen molar-refractivity contribution < 1.29 is 37.4 Å². The van der Waals surface area contributed by atoms with Gasteiger partial charge in [0.25, 0.3) is 5.91 Å². The van der Waals surface area contributed by atoms with E-state index in [1.165, 1.54) is 11.8 Å². The van der Waals surface area contributed by atoms with Gasteiger partial charge in [-0.15, -0.1) is 22.0 Å². The van der Waals surface area contributed by atoms with Gasteiger partial charge in [0, 0.05) is 17.5 Å². The molecule has 1 saturated heterocycles. The summed E-state index contributed by atoms with van der Waals surface area (Å²) in [5.74, 6) is -2.52. The first-order chi connectivity index (χ1) is 20.6. The molecule has 3 amide bonds. The number of nitrogens with zero attached hydrogens (tertiary/aromatic N) is 4. The van der Waals surface area contributed by atoms with Crippen molar-refractivity contribution in [2.24, 2.45) is 0 Å². The van der Waals surface area contributed by atoms with Crippen molar-refractivity contribution in [1.82, 2.24) is 40.9 Å². The number of fused-ring (bicyclic) bond motifs is 1. The van der Waals surface area contributed by atoms with Crippen LogP contribution in [0.15, 0.2) is 46.8 Å². The van der Waals surface area contributed by atoms with Crippen molar-refractivity contribution in [3.63, 3.8) is 0 Å². The van der Waals surface area contributed by atoms with Crippen LogP contribution in [0.2, 0.25) is 0 Å². The molecular formula is C25H32N8O8S3. The molecule has 2 aromatic rings. The number of rotatable bonds is 12. The van der Waals surface area contributed by atoms with Crippen molar-refractivity contribution in [3.05, 3.63) is 47.2 Å². The van der Waals surface area contributed by atoms with E-state index < -0.39 is 62.2 Å². The fourth-order valence-corrected chi connectivity index (χ4v) is 7.53. The molecular weight excluding hydrogens is 637 g/mol. The zero-order valence-corrected chi connectivity index (χ0v) is 26.6. The Morgan fingerprint density at radius 2 is 1.95 bits per heavy atom. The summed E-state index contributed by atoms with van der Waals surface area (Å²) in [6, 6.07) is 6.16. The Morgan fingerprint density at radius 3 is 2.55 bits per heavy atom. The largest absolute Gasteiger partial charge is 0.477 e. The molecule has 5 N–H and O–H groups in total. The molecule has 0 saturated carbocycles. The SMILES string of the molecule is CC(C)(C)OC(=O)NC(C(=O)N[C@@H]1C(=O)N2C(C(=O)O)=C(C(CCNS(C)(=O)=O)Sc3nn[nH]n3)CS[C@@H]12)c1ccccc1. The Bertz CT molecular complexity index is 1530. The molecule has 0 spiro atoms. The minimum atomic E-state index is -3.51. The highest BCUT2D eigenvalue weighted by atomic mass is 32.2. The van der Waals surface area contributed by atoms with E-state index in [1.807, 2.05) is 0 Å². The second kappa shape index (κ2) is 13.5. The van der Waals surface area contributed by atoms with Gasteiger partial charge < -0.3 is 20.5 Å². The first-order valence-corrected chi connectivity index (χ1v) is 17.1. The zero-order chi connectivity index (χ0) is 32.2. The van der Waals surface area contributed by atoms with Crippen molar-refractivity contribution in [2.75, 3.05) is 18.6 Å². The van der Waals surface area contributed by atoms with Crippen LogP contribution in [0, 0.1) is 0 Å². The van der Waals surface area contributed by atoms with Crippen molar-refractivity contribution in [2.45, 2.75) is 60.7 Å². The number of aromatic amines is 1. The van der Waals surface area contributed by atoms with Gasteiger partial charge in [0.05, 0.1) is 6.26 Å². The van der Waals surface area contributed by atoms with Crippen LogP contribution < -0.4 is 15.4 Å². The number of amides is 3. The molecule has 4 rings (SSSR count). The normalized spacial score (nSPS) is 19.8. The molecule has 1 aromatic heterocycles. The molecule has 0 aliphatic carbocycles. The van der Waals surface area contributed by atoms with Crippen LogP contribution in [0.1, 0.15) is 38.8 Å². The van der Waals surface area contributed by atoms with Gasteiger partial charge in [0.15, 0.2) is 0 Å². The molecule has 0 bridgehead atoms. The third-order valence-corrected chi connectivity index (χ3v) is 9.51. The summed E-state index contributed by atoms with van der Waals surface area (Å²) in [6.07, 6.45) is 0.350. The standard InChI is InChI=1S/C25H32N8O8S3/c1-25(2,3)41-24(38)28-16(13-8-6-5-7-9-13)19(34)27-17-20(35)33-18(22(36)37)14(12-42-21(17)33)15(10-11-26-44(4,39)40)43-23-29-31-32-30-23/h5-9,15-17,21,26H,10-12H2,1-4H3,(H,27,34)(H,28,38)(H,36,37)(H,29,30,31,32)/t15?,16?,17-,21+/m1/s1. The van der Waals surface area contributed by atoms with Crippen LogP contribution in [0.3, 0.4) is 0 Å².